The zero-order valence-corrected chi connectivity index (χ0v) is 6.58. The van der Waals surface area contributed by atoms with Crippen LogP contribution in [0.2, 0.25) is 0 Å². The van der Waals surface area contributed by atoms with Crippen molar-refractivity contribution < 1.29 is 0 Å². The second kappa shape index (κ2) is 4.59. The van der Waals surface area contributed by atoms with Crippen LogP contribution in [0.1, 0.15) is 6.92 Å². The molecule has 0 N–H and O–H groups in total. The molecule has 0 rings (SSSR count). The van der Waals surface area contributed by atoms with Crippen LogP contribution in [-0.4, -0.2) is 5.17 Å². The molecule has 50 valence electrons. The van der Waals surface area contributed by atoms with Gasteiger partial charge in [0.25, 0.3) is 0 Å². The van der Waals surface area contributed by atoms with Gasteiger partial charge in [-0.1, -0.05) is 35.9 Å². The van der Waals surface area contributed by atoms with E-state index in [2.05, 4.69) is 11.6 Å². The number of nitrogens with zero attached hydrogens (tertiary/aromatic N) is 1. The first kappa shape index (κ1) is 8.73. The number of aliphatic imine (C=N–C) groups is 1. The Morgan fingerprint density at radius 1 is 1.56 bits per heavy atom. The zero-order valence-electron chi connectivity index (χ0n) is 5.06. The van der Waals surface area contributed by atoms with Gasteiger partial charge >= 0.3 is 0 Å². The standard InChI is InChI=1S/C6H7Cl2N/c1-3-4-6(8)9-5(2)7/h3-4H,1H2,2H3/b6-4-,9-5?. The molecular weight excluding hydrogens is 157 g/mol. The predicted molar refractivity (Wildman–Crippen MR) is 43.1 cm³/mol. The molecule has 3 heteroatoms. The Balaban J connectivity index is 4.05. The van der Waals surface area contributed by atoms with Gasteiger partial charge < -0.3 is 0 Å². The summed E-state index contributed by atoms with van der Waals surface area (Å²) in [5.74, 6) is 0. The topological polar surface area (TPSA) is 12.4 Å². The SMILES string of the molecule is C=C/C=C(/Cl)N=C(C)Cl. The second-order valence-electron chi connectivity index (χ2n) is 1.33. The third-order valence-electron chi connectivity index (χ3n) is 0.516. The summed E-state index contributed by atoms with van der Waals surface area (Å²) in [6, 6.07) is 0. The van der Waals surface area contributed by atoms with Gasteiger partial charge in [0.05, 0.1) is 0 Å². The molecule has 0 radical (unpaired) electrons. The van der Waals surface area contributed by atoms with E-state index in [4.69, 9.17) is 23.2 Å². The van der Waals surface area contributed by atoms with Crippen LogP contribution in [-0.2, 0) is 0 Å². The Morgan fingerprint density at radius 3 is 2.44 bits per heavy atom. The Hall–Kier alpha value is -0.270. The lowest BCUT2D eigenvalue weighted by Crippen LogP contribution is -1.73. The number of rotatable bonds is 2. The van der Waals surface area contributed by atoms with Gasteiger partial charge in [-0.25, -0.2) is 4.99 Å². The molecule has 0 saturated carbocycles. The molecule has 0 aliphatic carbocycles. The van der Waals surface area contributed by atoms with E-state index in [1.807, 2.05) is 0 Å². The van der Waals surface area contributed by atoms with Gasteiger partial charge in [-0.05, 0) is 13.0 Å². The summed E-state index contributed by atoms with van der Waals surface area (Å²) in [5, 5.41) is 0.760. The lowest BCUT2D eigenvalue weighted by atomic mass is 10.6. The maximum Gasteiger partial charge on any atom is 0.130 e. The Labute approximate surface area is 64.7 Å². The van der Waals surface area contributed by atoms with Gasteiger partial charge in [-0.3, -0.25) is 0 Å². The average molecular weight is 164 g/mol. The summed E-state index contributed by atoms with van der Waals surface area (Å²) in [6.07, 6.45) is 3.11. The third-order valence-corrected chi connectivity index (χ3v) is 0.811. The van der Waals surface area contributed by atoms with E-state index in [-0.39, 0.29) is 0 Å². The van der Waals surface area contributed by atoms with E-state index >= 15 is 0 Å². The number of halogens is 2. The molecule has 0 unspecified atom stereocenters. The molecule has 0 bridgehead atoms. The molecule has 0 aromatic heterocycles. The minimum atomic E-state index is 0.345. The van der Waals surface area contributed by atoms with Crippen LogP contribution >= 0.6 is 23.2 Å². The van der Waals surface area contributed by atoms with Crippen LogP contribution in [0.5, 0.6) is 0 Å². The van der Waals surface area contributed by atoms with E-state index in [0.717, 1.165) is 0 Å². The van der Waals surface area contributed by atoms with Crippen molar-refractivity contribution in [1.29, 1.82) is 0 Å². The number of allylic oxidation sites excluding steroid dienone is 2. The third kappa shape index (κ3) is 5.60. The minimum absolute atomic E-state index is 0.345. The van der Waals surface area contributed by atoms with Gasteiger partial charge in [-0.15, -0.1) is 0 Å². The van der Waals surface area contributed by atoms with Crippen LogP contribution in [0, 0.1) is 0 Å². The molecule has 9 heavy (non-hydrogen) atoms. The van der Waals surface area contributed by atoms with Crippen LogP contribution < -0.4 is 0 Å². The quantitative estimate of drug-likeness (QED) is 0.338. The lowest BCUT2D eigenvalue weighted by Gasteiger charge is -1.84. The number of hydrogen-bond donors (Lipinski definition) is 0. The fourth-order valence-electron chi connectivity index (χ4n) is 0.282. The first-order valence-corrected chi connectivity index (χ1v) is 3.11. The van der Waals surface area contributed by atoms with E-state index < -0.39 is 0 Å². The van der Waals surface area contributed by atoms with E-state index in [9.17, 15) is 0 Å². The van der Waals surface area contributed by atoms with Crippen LogP contribution in [0.25, 0.3) is 0 Å². The Morgan fingerprint density at radius 2 is 2.11 bits per heavy atom. The molecule has 0 aliphatic heterocycles. The molecule has 0 spiro atoms. The molecule has 0 amide bonds. The highest BCUT2D eigenvalue weighted by atomic mass is 35.5. The van der Waals surface area contributed by atoms with Crippen molar-refractivity contribution in [3.63, 3.8) is 0 Å². The average Bonchev–Trinajstić information content (AvgIpc) is 1.63. The van der Waals surface area contributed by atoms with Gasteiger partial charge in [-0.2, -0.15) is 0 Å². The molecule has 0 aromatic rings. The minimum Gasteiger partial charge on any atom is -0.229 e. The highest BCUT2D eigenvalue weighted by Gasteiger charge is 1.83. The van der Waals surface area contributed by atoms with Crippen LogP contribution in [0.4, 0.5) is 0 Å². The predicted octanol–water partition coefficient (Wildman–Crippen LogP) is 2.91. The van der Waals surface area contributed by atoms with Crippen LogP contribution in [0.3, 0.4) is 0 Å². The van der Waals surface area contributed by atoms with Crippen molar-refractivity contribution in [1.82, 2.24) is 0 Å². The van der Waals surface area contributed by atoms with E-state index in [1.165, 1.54) is 0 Å². The first-order chi connectivity index (χ1) is 4.16. The highest BCUT2D eigenvalue weighted by molar-refractivity contribution is 6.65. The second-order valence-corrected chi connectivity index (χ2v) is 2.27. The van der Waals surface area contributed by atoms with Crippen molar-refractivity contribution in [2.24, 2.45) is 4.99 Å². The molecule has 0 fully saturated rings. The van der Waals surface area contributed by atoms with Crippen molar-refractivity contribution in [2.75, 3.05) is 0 Å². The van der Waals surface area contributed by atoms with Gasteiger partial charge in [0, 0.05) is 0 Å². The first-order valence-electron chi connectivity index (χ1n) is 2.36. The fourth-order valence-corrected chi connectivity index (χ4v) is 0.632. The summed E-state index contributed by atoms with van der Waals surface area (Å²) < 4.78 is 0. The summed E-state index contributed by atoms with van der Waals surface area (Å²) in [7, 11) is 0. The van der Waals surface area contributed by atoms with Crippen molar-refractivity contribution >= 4 is 28.4 Å². The molecule has 0 aliphatic rings. The molecular formula is C6H7Cl2N. The summed E-state index contributed by atoms with van der Waals surface area (Å²) >= 11 is 10.9. The maximum absolute atomic E-state index is 5.49. The molecule has 0 saturated heterocycles. The summed E-state index contributed by atoms with van der Waals surface area (Å²) in [5.41, 5.74) is 0. The zero-order chi connectivity index (χ0) is 7.28. The van der Waals surface area contributed by atoms with Crippen LogP contribution in [0.15, 0.2) is 28.9 Å². The van der Waals surface area contributed by atoms with E-state index in [1.54, 1.807) is 19.1 Å². The van der Waals surface area contributed by atoms with Gasteiger partial charge in [0.1, 0.15) is 10.3 Å². The smallest absolute Gasteiger partial charge is 0.130 e. The molecule has 0 heterocycles. The number of hydrogen-bond acceptors (Lipinski definition) is 1. The van der Waals surface area contributed by atoms with Gasteiger partial charge in [0.15, 0.2) is 0 Å². The lowest BCUT2D eigenvalue weighted by molar-refractivity contribution is 1.51. The highest BCUT2D eigenvalue weighted by Crippen LogP contribution is 2.04. The van der Waals surface area contributed by atoms with Gasteiger partial charge in [0.2, 0.25) is 0 Å². The van der Waals surface area contributed by atoms with Crippen molar-refractivity contribution in [3.05, 3.63) is 23.9 Å². The Bertz CT molecular complexity index is 154. The maximum atomic E-state index is 5.49. The molecule has 0 aromatic carbocycles. The normalized spacial score (nSPS) is 13.7. The molecule has 1 nitrogen and oxygen atoms in total. The largest absolute Gasteiger partial charge is 0.229 e. The van der Waals surface area contributed by atoms with Crippen molar-refractivity contribution in [3.8, 4) is 0 Å². The monoisotopic (exact) mass is 163 g/mol. The van der Waals surface area contributed by atoms with Crippen molar-refractivity contribution in [2.45, 2.75) is 6.92 Å². The summed E-state index contributed by atoms with van der Waals surface area (Å²) in [4.78, 5) is 3.70. The van der Waals surface area contributed by atoms with E-state index in [0.29, 0.717) is 10.3 Å². The summed E-state index contributed by atoms with van der Waals surface area (Å²) in [6.45, 7) is 5.09. The Kier molecular flexibility index (Phi) is 4.46. The fraction of sp³-hybridized carbons (Fsp3) is 0.167. The molecule has 0 atom stereocenters.